The van der Waals surface area contributed by atoms with Crippen molar-refractivity contribution in [3.8, 4) is 5.69 Å². The van der Waals surface area contributed by atoms with E-state index in [1.165, 1.54) is 0 Å². The van der Waals surface area contributed by atoms with Gasteiger partial charge in [-0.1, -0.05) is 12.1 Å². The van der Waals surface area contributed by atoms with Crippen LogP contribution in [-0.2, 0) is 11.2 Å². The standard InChI is InChI=1S/C15H20N6O/c1-11-12(2)20(8-7-16-11)15(22)9-13-3-5-14(6-4-13)21-10-17-18-19-21/h3-6,10-12,16H,7-9H2,1-2H3. The molecule has 7 heteroatoms. The fourth-order valence-electron chi connectivity index (χ4n) is 2.73. The van der Waals surface area contributed by atoms with Crippen LogP contribution in [0.2, 0.25) is 0 Å². The van der Waals surface area contributed by atoms with Crippen molar-refractivity contribution in [3.63, 3.8) is 0 Å². The quantitative estimate of drug-likeness (QED) is 0.889. The maximum absolute atomic E-state index is 12.5. The van der Waals surface area contributed by atoms with E-state index in [1.807, 2.05) is 29.2 Å². The van der Waals surface area contributed by atoms with Crippen molar-refractivity contribution >= 4 is 5.91 Å². The van der Waals surface area contributed by atoms with E-state index in [2.05, 4.69) is 34.7 Å². The molecule has 1 aromatic heterocycles. The molecule has 2 unspecified atom stereocenters. The molecule has 1 N–H and O–H groups in total. The topological polar surface area (TPSA) is 75.9 Å². The first-order valence-electron chi connectivity index (χ1n) is 7.50. The molecule has 0 radical (unpaired) electrons. The zero-order valence-corrected chi connectivity index (χ0v) is 12.8. The van der Waals surface area contributed by atoms with Crippen molar-refractivity contribution in [1.29, 1.82) is 0 Å². The molecule has 1 aromatic carbocycles. The van der Waals surface area contributed by atoms with Crippen molar-refractivity contribution in [3.05, 3.63) is 36.2 Å². The largest absolute Gasteiger partial charge is 0.337 e. The summed E-state index contributed by atoms with van der Waals surface area (Å²) >= 11 is 0. The van der Waals surface area contributed by atoms with Gasteiger partial charge >= 0.3 is 0 Å². The second kappa shape index (κ2) is 6.23. The summed E-state index contributed by atoms with van der Waals surface area (Å²) in [6, 6.07) is 8.30. The SMILES string of the molecule is CC1NCCN(C(=O)Cc2ccc(-n3cnnn3)cc2)C1C. The number of nitrogens with one attached hydrogen (secondary N) is 1. The number of nitrogens with zero attached hydrogens (tertiary/aromatic N) is 5. The third kappa shape index (κ3) is 2.99. The van der Waals surface area contributed by atoms with Gasteiger partial charge in [0.15, 0.2) is 0 Å². The summed E-state index contributed by atoms with van der Waals surface area (Å²) in [5, 5.41) is 14.5. The highest BCUT2D eigenvalue weighted by molar-refractivity contribution is 5.79. The first kappa shape index (κ1) is 14.6. The molecule has 116 valence electrons. The van der Waals surface area contributed by atoms with Crippen LogP contribution in [0.25, 0.3) is 5.69 Å². The van der Waals surface area contributed by atoms with Gasteiger partial charge in [0.2, 0.25) is 5.91 Å². The lowest BCUT2D eigenvalue weighted by atomic mass is 10.0. The van der Waals surface area contributed by atoms with Crippen LogP contribution in [0.1, 0.15) is 19.4 Å². The van der Waals surface area contributed by atoms with E-state index in [0.29, 0.717) is 12.5 Å². The zero-order valence-electron chi connectivity index (χ0n) is 12.8. The molecular weight excluding hydrogens is 280 g/mol. The van der Waals surface area contributed by atoms with E-state index < -0.39 is 0 Å². The molecule has 0 bridgehead atoms. The lowest BCUT2D eigenvalue weighted by molar-refractivity contribution is -0.134. The Kier molecular flexibility index (Phi) is 4.15. The summed E-state index contributed by atoms with van der Waals surface area (Å²) < 4.78 is 1.59. The molecule has 1 aliphatic rings. The van der Waals surface area contributed by atoms with Crippen LogP contribution in [0.5, 0.6) is 0 Å². The van der Waals surface area contributed by atoms with Gasteiger partial charge in [-0.05, 0) is 42.0 Å². The molecule has 7 nitrogen and oxygen atoms in total. The monoisotopic (exact) mass is 300 g/mol. The van der Waals surface area contributed by atoms with E-state index in [0.717, 1.165) is 24.3 Å². The van der Waals surface area contributed by atoms with Gasteiger partial charge < -0.3 is 10.2 Å². The molecule has 1 fully saturated rings. The van der Waals surface area contributed by atoms with Gasteiger partial charge in [0.1, 0.15) is 6.33 Å². The summed E-state index contributed by atoms with van der Waals surface area (Å²) in [4.78, 5) is 14.5. The zero-order chi connectivity index (χ0) is 15.5. The average Bonchev–Trinajstić information content (AvgIpc) is 3.05. The maximum atomic E-state index is 12.5. The Balaban J connectivity index is 1.66. The molecule has 2 aromatic rings. The number of rotatable bonds is 3. The number of piperazine rings is 1. The molecule has 0 spiro atoms. The molecule has 2 heterocycles. The number of hydrogen-bond acceptors (Lipinski definition) is 5. The highest BCUT2D eigenvalue weighted by atomic mass is 16.2. The van der Waals surface area contributed by atoms with Crippen LogP contribution in [0.4, 0.5) is 0 Å². The summed E-state index contributed by atoms with van der Waals surface area (Å²) in [7, 11) is 0. The number of aromatic nitrogens is 4. The number of benzene rings is 1. The molecular formula is C15H20N6O. The Hall–Kier alpha value is -2.28. The van der Waals surface area contributed by atoms with E-state index >= 15 is 0 Å². The van der Waals surface area contributed by atoms with Crippen LogP contribution >= 0.6 is 0 Å². The average molecular weight is 300 g/mol. The van der Waals surface area contributed by atoms with Gasteiger partial charge in [-0.25, -0.2) is 4.68 Å². The molecule has 2 atom stereocenters. The molecule has 1 aliphatic heterocycles. The Morgan fingerprint density at radius 3 is 2.77 bits per heavy atom. The van der Waals surface area contributed by atoms with Crippen molar-refractivity contribution < 1.29 is 4.79 Å². The third-order valence-electron chi connectivity index (χ3n) is 4.26. The minimum atomic E-state index is 0.177. The minimum absolute atomic E-state index is 0.177. The summed E-state index contributed by atoms with van der Waals surface area (Å²) in [5.41, 5.74) is 1.88. The van der Waals surface area contributed by atoms with Gasteiger partial charge in [-0.3, -0.25) is 4.79 Å². The highest BCUT2D eigenvalue weighted by Crippen LogP contribution is 2.13. The van der Waals surface area contributed by atoms with E-state index in [-0.39, 0.29) is 11.9 Å². The fourth-order valence-corrected chi connectivity index (χ4v) is 2.73. The molecule has 0 aliphatic carbocycles. The third-order valence-corrected chi connectivity index (χ3v) is 4.26. The number of carbonyl (C=O) groups is 1. The van der Waals surface area contributed by atoms with Crippen LogP contribution in [0.3, 0.4) is 0 Å². The lowest BCUT2D eigenvalue weighted by Crippen LogP contribution is -2.57. The van der Waals surface area contributed by atoms with Crippen LogP contribution in [-0.4, -0.2) is 56.2 Å². The van der Waals surface area contributed by atoms with Crippen molar-refractivity contribution in [2.45, 2.75) is 32.4 Å². The van der Waals surface area contributed by atoms with Gasteiger partial charge in [-0.2, -0.15) is 0 Å². The van der Waals surface area contributed by atoms with Crippen LogP contribution < -0.4 is 5.32 Å². The summed E-state index contributed by atoms with van der Waals surface area (Å²) in [6.07, 6.45) is 1.97. The van der Waals surface area contributed by atoms with Gasteiger partial charge in [0, 0.05) is 25.2 Å². The first-order chi connectivity index (χ1) is 10.6. The van der Waals surface area contributed by atoms with Crippen molar-refractivity contribution in [1.82, 2.24) is 30.4 Å². The number of amides is 1. The lowest BCUT2D eigenvalue weighted by Gasteiger charge is -2.38. The van der Waals surface area contributed by atoms with Crippen molar-refractivity contribution in [2.75, 3.05) is 13.1 Å². The number of hydrogen-bond donors (Lipinski definition) is 1. The molecule has 22 heavy (non-hydrogen) atoms. The number of carbonyl (C=O) groups excluding carboxylic acids is 1. The van der Waals surface area contributed by atoms with Crippen LogP contribution in [0, 0.1) is 0 Å². The Morgan fingerprint density at radius 2 is 2.09 bits per heavy atom. The first-order valence-corrected chi connectivity index (χ1v) is 7.50. The summed E-state index contributed by atoms with van der Waals surface area (Å²) in [6.45, 7) is 5.84. The summed E-state index contributed by atoms with van der Waals surface area (Å²) in [5.74, 6) is 0.177. The van der Waals surface area contributed by atoms with E-state index in [4.69, 9.17) is 0 Å². The molecule has 1 saturated heterocycles. The minimum Gasteiger partial charge on any atom is -0.337 e. The maximum Gasteiger partial charge on any atom is 0.227 e. The predicted molar refractivity (Wildman–Crippen MR) is 81.5 cm³/mol. The Bertz CT molecular complexity index is 624. The van der Waals surface area contributed by atoms with Gasteiger partial charge in [0.05, 0.1) is 12.1 Å². The Labute approximate surface area is 129 Å². The van der Waals surface area contributed by atoms with Gasteiger partial charge in [-0.15, -0.1) is 5.10 Å². The van der Waals surface area contributed by atoms with Crippen molar-refractivity contribution in [2.24, 2.45) is 0 Å². The number of tetrazole rings is 1. The molecule has 1 amide bonds. The second-order valence-corrected chi connectivity index (χ2v) is 5.67. The van der Waals surface area contributed by atoms with Crippen LogP contribution in [0.15, 0.2) is 30.6 Å². The molecule has 3 rings (SSSR count). The normalized spacial score (nSPS) is 21.8. The highest BCUT2D eigenvalue weighted by Gasteiger charge is 2.27. The van der Waals surface area contributed by atoms with E-state index in [9.17, 15) is 4.79 Å². The smallest absolute Gasteiger partial charge is 0.227 e. The fraction of sp³-hybridized carbons (Fsp3) is 0.467. The van der Waals surface area contributed by atoms with E-state index in [1.54, 1.807) is 11.0 Å². The Morgan fingerprint density at radius 1 is 1.32 bits per heavy atom. The predicted octanol–water partition coefficient (Wildman–Crippen LogP) is 0.414. The molecule has 0 saturated carbocycles. The van der Waals surface area contributed by atoms with Gasteiger partial charge in [0.25, 0.3) is 0 Å². The second-order valence-electron chi connectivity index (χ2n) is 5.67.